The third-order valence-electron chi connectivity index (χ3n) is 2.21. The molecule has 0 spiro atoms. The number of pyridine rings is 1. The molecule has 0 saturated carbocycles. The molecule has 2 aromatic heterocycles. The maximum atomic E-state index is 11.5. The zero-order chi connectivity index (χ0) is 13.1. The van der Waals surface area contributed by atoms with Crippen molar-refractivity contribution in [3.8, 4) is 10.7 Å². The number of hydrogen-bond acceptors (Lipinski definition) is 6. The number of hydrogen-bond donors (Lipinski definition) is 0. The molecule has 92 valence electrons. The number of Topliss-reactive ketones (excluding diaryl/α,β-unsaturated/α-hetero) is 1. The van der Waals surface area contributed by atoms with Crippen LogP contribution in [0.4, 0.5) is 0 Å². The topological polar surface area (TPSA) is 69.2 Å². The molecule has 0 unspecified atom stereocenters. The standard InChI is InChI=1S/C12H10N2O3S/c1-7(15)10-9(12(16)17-2)14-11(18-10)8-5-3-4-6-13-8/h3-6H,1-2H3. The van der Waals surface area contributed by atoms with Gasteiger partial charge in [0.15, 0.2) is 11.5 Å². The largest absolute Gasteiger partial charge is 0.464 e. The first kappa shape index (κ1) is 12.4. The van der Waals surface area contributed by atoms with Crippen LogP contribution in [-0.4, -0.2) is 28.8 Å². The van der Waals surface area contributed by atoms with Crippen molar-refractivity contribution in [2.45, 2.75) is 6.92 Å². The zero-order valence-electron chi connectivity index (χ0n) is 9.84. The minimum atomic E-state index is -0.612. The fourth-order valence-electron chi connectivity index (χ4n) is 1.39. The van der Waals surface area contributed by atoms with Gasteiger partial charge in [0.05, 0.1) is 12.8 Å². The monoisotopic (exact) mass is 262 g/mol. The van der Waals surface area contributed by atoms with E-state index < -0.39 is 5.97 Å². The molecule has 2 heterocycles. The van der Waals surface area contributed by atoms with Crippen molar-refractivity contribution >= 4 is 23.1 Å². The fraction of sp³-hybridized carbons (Fsp3) is 0.167. The Kier molecular flexibility index (Phi) is 3.47. The molecule has 5 nitrogen and oxygen atoms in total. The van der Waals surface area contributed by atoms with Gasteiger partial charge in [0, 0.05) is 13.1 Å². The third-order valence-corrected chi connectivity index (χ3v) is 3.39. The Labute approximate surface area is 107 Å². The average molecular weight is 262 g/mol. The van der Waals surface area contributed by atoms with E-state index in [1.807, 2.05) is 6.07 Å². The molecule has 6 heteroatoms. The van der Waals surface area contributed by atoms with Crippen molar-refractivity contribution in [1.82, 2.24) is 9.97 Å². The van der Waals surface area contributed by atoms with Crippen LogP contribution in [0.1, 0.15) is 27.1 Å². The summed E-state index contributed by atoms with van der Waals surface area (Å²) < 4.78 is 4.61. The molecule has 0 bridgehead atoms. The lowest BCUT2D eigenvalue weighted by Crippen LogP contribution is -2.06. The van der Waals surface area contributed by atoms with Crippen LogP contribution in [0.25, 0.3) is 10.7 Å². The van der Waals surface area contributed by atoms with E-state index >= 15 is 0 Å². The van der Waals surface area contributed by atoms with Crippen LogP contribution in [0.5, 0.6) is 0 Å². The first-order chi connectivity index (χ1) is 8.63. The molecule has 0 aliphatic carbocycles. The van der Waals surface area contributed by atoms with E-state index in [4.69, 9.17) is 0 Å². The Morgan fingerprint density at radius 3 is 2.67 bits per heavy atom. The van der Waals surface area contributed by atoms with E-state index in [-0.39, 0.29) is 11.5 Å². The van der Waals surface area contributed by atoms with Crippen molar-refractivity contribution in [2.75, 3.05) is 7.11 Å². The van der Waals surface area contributed by atoms with Gasteiger partial charge in [-0.15, -0.1) is 11.3 Å². The highest BCUT2D eigenvalue weighted by Crippen LogP contribution is 2.27. The number of aromatic nitrogens is 2. The Bertz CT molecular complexity index is 593. The summed E-state index contributed by atoms with van der Waals surface area (Å²) in [5.41, 5.74) is 0.677. The maximum Gasteiger partial charge on any atom is 0.358 e. The summed E-state index contributed by atoms with van der Waals surface area (Å²) in [4.78, 5) is 31.6. The first-order valence-corrected chi connectivity index (χ1v) is 5.96. The summed E-state index contributed by atoms with van der Waals surface area (Å²) >= 11 is 1.14. The molecule has 0 fully saturated rings. The lowest BCUT2D eigenvalue weighted by molar-refractivity contribution is 0.0591. The number of methoxy groups -OCH3 is 1. The quantitative estimate of drug-likeness (QED) is 0.626. The predicted octanol–water partition coefficient (Wildman–Crippen LogP) is 2.19. The molecule has 18 heavy (non-hydrogen) atoms. The van der Waals surface area contributed by atoms with Gasteiger partial charge in [0.25, 0.3) is 0 Å². The highest BCUT2D eigenvalue weighted by molar-refractivity contribution is 7.17. The summed E-state index contributed by atoms with van der Waals surface area (Å²) in [6.07, 6.45) is 1.63. The molecule has 0 radical (unpaired) electrons. The lowest BCUT2D eigenvalue weighted by Gasteiger charge is -1.95. The summed E-state index contributed by atoms with van der Waals surface area (Å²) in [5.74, 6) is -0.825. The van der Waals surface area contributed by atoms with Crippen molar-refractivity contribution in [3.63, 3.8) is 0 Å². The molecule has 0 aromatic carbocycles. The normalized spacial score (nSPS) is 10.1. The van der Waals surface area contributed by atoms with Gasteiger partial charge in [-0.2, -0.15) is 0 Å². The number of nitrogens with zero attached hydrogens (tertiary/aromatic N) is 2. The van der Waals surface area contributed by atoms with Crippen LogP contribution >= 0.6 is 11.3 Å². The lowest BCUT2D eigenvalue weighted by atomic mass is 10.3. The van der Waals surface area contributed by atoms with Crippen molar-refractivity contribution in [2.24, 2.45) is 0 Å². The number of ketones is 1. The van der Waals surface area contributed by atoms with Crippen molar-refractivity contribution in [1.29, 1.82) is 0 Å². The first-order valence-electron chi connectivity index (χ1n) is 5.15. The van der Waals surface area contributed by atoms with Crippen LogP contribution in [-0.2, 0) is 4.74 Å². The molecule has 0 atom stereocenters. The number of carbonyl (C=O) groups is 2. The number of thiazole rings is 1. The second-order valence-electron chi connectivity index (χ2n) is 3.46. The van der Waals surface area contributed by atoms with Crippen LogP contribution < -0.4 is 0 Å². The van der Waals surface area contributed by atoms with Gasteiger partial charge in [0.1, 0.15) is 9.88 Å². The van der Waals surface area contributed by atoms with Gasteiger partial charge in [-0.1, -0.05) is 6.07 Å². The summed E-state index contributed by atoms with van der Waals surface area (Å²) in [6, 6.07) is 5.36. The van der Waals surface area contributed by atoms with Gasteiger partial charge in [-0.25, -0.2) is 9.78 Å². The Balaban J connectivity index is 2.53. The minimum absolute atomic E-state index is 0.0515. The van der Waals surface area contributed by atoms with E-state index in [0.717, 1.165) is 11.3 Å². The minimum Gasteiger partial charge on any atom is -0.464 e. The molecule has 0 N–H and O–H groups in total. The molecule has 0 aliphatic heterocycles. The predicted molar refractivity (Wildman–Crippen MR) is 66.7 cm³/mol. The Morgan fingerprint density at radius 1 is 1.33 bits per heavy atom. The van der Waals surface area contributed by atoms with Crippen molar-refractivity contribution < 1.29 is 14.3 Å². The maximum absolute atomic E-state index is 11.5. The van der Waals surface area contributed by atoms with Crippen LogP contribution in [0.15, 0.2) is 24.4 Å². The number of rotatable bonds is 3. The van der Waals surface area contributed by atoms with Gasteiger partial charge in [-0.3, -0.25) is 9.78 Å². The van der Waals surface area contributed by atoms with Crippen LogP contribution in [0.3, 0.4) is 0 Å². The molecule has 2 aromatic rings. The molecule has 0 saturated heterocycles. The van der Waals surface area contributed by atoms with Gasteiger partial charge >= 0.3 is 5.97 Å². The number of ether oxygens (including phenoxy) is 1. The molecular weight excluding hydrogens is 252 g/mol. The Morgan fingerprint density at radius 2 is 2.11 bits per heavy atom. The second kappa shape index (κ2) is 5.05. The van der Waals surface area contributed by atoms with E-state index in [1.165, 1.54) is 14.0 Å². The average Bonchev–Trinajstić information content (AvgIpc) is 2.84. The van der Waals surface area contributed by atoms with Gasteiger partial charge < -0.3 is 4.74 Å². The smallest absolute Gasteiger partial charge is 0.358 e. The fourth-order valence-corrected chi connectivity index (χ4v) is 2.32. The number of esters is 1. The van der Waals surface area contributed by atoms with E-state index in [2.05, 4.69) is 14.7 Å². The molecule has 0 amide bonds. The summed E-state index contributed by atoms with van der Waals surface area (Å²) in [7, 11) is 1.26. The Hall–Kier alpha value is -2.08. The van der Waals surface area contributed by atoms with Crippen molar-refractivity contribution in [3.05, 3.63) is 35.0 Å². The zero-order valence-corrected chi connectivity index (χ0v) is 10.7. The second-order valence-corrected chi connectivity index (χ2v) is 4.46. The third kappa shape index (κ3) is 2.28. The SMILES string of the molecule is COC(=O)c1nc(-c2ccccn2)sc1C(C)=O. The molecule has 2 rings (SSSR count). The van der Waals surface area contributed by atoms with Gasteiger partial charge in [-0.05, 0) is 12.1 Å². The van der Waals surface area contributed by atoms with Crippen LogP contribution in [0, 0.1) is 0 Å². The summed E-state index contributed by atoms with van der Waals surface area (Å²) in [5, 5.41) is 0.529. The highest BCUT2D eigenvalue weighted by atomic mass is 32.1. The van der Waals surface area contributed by atoms with E-state index in [1.54, 1.807) is 18.3 Å². The molecular formula is C12H10N2O3S. The van der Waals surface area contributed by atoms with E-state index in [0.29, 0.717) is 15.6 Å². The highest BCUT2D eigenvalue weighted by Gasteiger charge is 2.22. The van der Waals surface area contributed by atoms with E-state index in [9.17, 15) is 9.59 Å². The van der Waals surface area contributed by atoms with Crippen LogP contribution in [0.2, 0.25) is 0 Å². The molecule has 0 aliphatic rings. The van der Waals surface area contributed by atoms with Gasteiger partial charge in [0.2, 0.25) is 0 Å². The summed E-state index contributed by atoms with van der Waals surface area (Å²) in [6.45, 7) is 1.39. The number of carbonyl (C=O) groups excluding carboxylic acids is 2.